The molecule has 0 aromatic heterocycles. The van der Waals surface area contributed by atoms with Crippen LogP contribution in [0.3, 0.4) is 0 Å². The van der Waals surface area contributed by atoms with Crippen LogP contribution in [-0.2, 0) is 27.5 Å². The molecule has 0 aliphatic carbocycles. The molecule has 0 aliphatic rings. The van der Waals surface area contributed by atoms with Gasteiger partial charge in [0.15, 0.2) is 5.85 Å². The van der Waals surface area contributed by atoms with E-state index in [1.807, 2.05) is 0 Å². The van der Waals surface area contributed by atoms with E-state index in [1.165, 1.54) is 13.8 Å². The van der Waals surface area contributed by atoms with Gasteiger partial charge in [-0.05, 0) is 13.8 Å². The van der Waals surface area contributed by atoms with Gasteiger partial charge < -0.3 is 20.6 Å². The zero-order valence-electron chi connectivity index (χ0n) is 11.0. The lowest BCUT2D eigenvalue weighted by Gasteiger charge is -2.24. The minimum absolute atomic E-state index is 0.0872. The van der Waals surface area contributed by atoms with Crippen molar-refractivity contribution in [2.24, 2.45) is 5.73 Å². The highest BCUT2D eigenvalue weighted by atomic mass is 31.2. The highest BCUT2D eigenvalue weighted by molar-refractivity contribution is 7.54. The normalized spacial score (nSPS) is 15.8. The predicted molar refractivity (Wildman–Crippen MR) is 68.0 cm³/mol. The molecule has 2 atom stereocenters. The number of hydrogen-bond acceptors (Lipinski definition) is 7. The number of carboxylic acid groups (broad SMARTS) is 1. The first-order valence-corrected chi connectivity index (χ1v) is 8.81. The van der Waals surface area contributed by atoms with E-state index in [1.54, 1.807) is 0 Å². The molecule has 0 heterocycles. The van der Waals surface area contributed by atoms with Crippen molar-refractivity contribution < 1.29 is 42.4 Å². The summed E-state index contributed by atoms with van der Waals surface area (Å²) in [6, 6.07) is -1.59. The minimum Gasteiger partial charge on any atom is -0.480 e. The van der Waals surface area contributed by atoms with Gasteiger partial charge in [0.05, 0.1) is 13.2 Å². The number of carboxylic acids is 1. The van der Waals surface area contributed by atoms with Crippen LogP contribution in [0.4, 0.5) is 0 Å². The van der Waals surface area contributed by atoms with E-state index in [9.17, 15) is 13.9 Å². The second kappa shape index (κ2) is 8.21. The molecule has 120 valence electrons. The van der Waals surface area contributed by atoms with Crippen molar-refractivity contribution in [2.45, 2.75) is 32.2 Å². The summed E-state index contributed by atoms with van der Waals surface area (Å²) in [4.78, 5) is 28.8. The molecule has 0 amide bonds. The molecule has 0 saturated carbocycles. The molecule has 0 rings (SSSR count). The Hall–Kier alpha value is -0.310. The van der Waals surface area contributed by atoms with Crippen molar-refractivity contribution in [1.29, 1.82) is 0 Å². The number of carbonyl (C=O) groups is 1. The van der Waals surface area contributed by atoms with E-state index >= 15 is 0 Å². The van der Waals surface area contributed by atoms with Gasteiger partial charge in [-0.2, -0.15) is 0 Å². The third-order valence-electron chi connectivity index (χ3n) is 1.97. The lowest BCUT2D eigenvalue weighted by atomic mass is 10.2. The first-order valence-electron chi connectivity index (χ1n) is 5.66. The first-order chi connectivity index (χ1) is 9.05. The SMILES string of the molecule is CCOP(=O)(OCC)O[C@H](C[C@H](N)C(=O)O)P(=O)(O)O. The monoisotopic (exact) mass is 335 g/mol. The first kappa shape index (κ1) is 19.7. The van der Waals surface area contributed by atoms with E-state index < -0.39 is 39.7 Å². The highest BCUT2D eigenvalue weighted by Gasteiger charge is 2.41. The van der Waals surface area contributed by atoms with Crippen LogP contribution >= 0.6 is 15.4 Å². The molecule has 10 nitrogen and oxygen atoms in total. The molecule has 20 heavy (non-hydrogen) atoms. The highest BCUT2D eigenvalue weighted by Crippen LogP contribution is 2.57. The Labute approximate surface area is 116 Å². The van der Waals surface area contributed by atoms with Crippen LogP contribution in [0.2, 0.25) is 0 Å². The minimum atomic E-state index is -4.91. The Morgan fingerprint density at radius 2 is 1.65 bits per heavy atom. The fourth-order valence-electron chi connectivity index (χ4n) is 1.12. The van der Waals surface area contributed by atoms with E-state index in [0.29, 0.717) is 0 Å². The van der Waals surface area contributed by atoms with Gasteiger partial charge in [-0.15, -0.1) is 0 Å². The summed E-state index contributed by atoms with van der Waals surface area (Å²) in [5, 5.41) is 8.64. The van der Waals surface area contributed by atoms with Crippen molar-refractivity contribution >= 4 is 21.4 Å². The number of hydrogen-bond donors (Lipinski definition) is 4. The Kier molecular flexibility index (Phi) is 8.08. The second-order valence-electron chi connectivity index (χ2n) is 3.61. The lowest BCUT2D eigenvalue weighted by Crippen LogP contribution is -2.34. The molecule has 12 heteroatoms. The van der Waals surface area contributed by atoms with Gasteiger partial charge >= 0.3 is 21.4 Å². The topological polar surface area (TPSA) is 166 Å². The predicted octanol–water partition coefficient (Wildman–Crippen LogP) is 0.490. The zero-order chi connectivity index (χ0) is 16.0. The summed E-state index contributed by atoms with van der Waals surface area (Å²) in [5.41, 5.74) is 5.19. The molecule has 0 spiro atoms. The number of phosphoric ester groups is 1. The van der Waals surface area contributed by atoms with E-state index in [-0.39, 0.29) is 13.2 Å². The van der Waals surface area contributed by atoms with Gasteiger partial charge in [0.25, 0.3) is 0 Å². The maximum atomic E-state index is 12.0. The van der Waals surface area contributed by atoms with Crippen molar-refractivity contribution in [3.63, 3.8) is 0 Å². The summed E-state index contributed by atoms with van der Waals surface area (Å²) in [6.45, 7) is 2.78. The summed E-state index contributed by atoms with van der Waals surface area (Å²) >= 11 is 0. The molecular formula is C8H19NO9P2. The summed E-state index contributed by atoms with van der Waals surface area (Å²) in [7, 11) is -9.11. The van der Waals surface area contributed by atoms with Gasteiger partial charge in [0.2, 0.25) is 0 Å². The van der Waals surface area contributed by atoms with E-state index in [2.05, 4.69) is 0 Å². The Balaban J connectivity index is 5.10. The van der Waals surface area contributed by atoms with Crippen molar-refractivity contribution in [3.05, 3.63) is 0 Å². The standard InChI is InChI=1S/C8H19NO9P2/c1-3-16-20(15,17-4-2)18-7(19(12,13)14)5-6(9)8(10)11/h6-7H,3-5,9H2,1-2H3,(H,10,11)(H2,12,13,14)/t6-,7-/m0/s1. The molecule has 0 aromatic rings. The fourth-order valence-corrected chi connectivity index (χ4v) is 3.68. The van der Waals surface area contributed by atoms with Crippen LogP contribution in [-0.4, -0.2) is 46.0 Å². The molecule has 0 saturated heterocycles. The second-order valence-corrected chi connectivity index (χ2v) is 6.99. The van der Waals surface area contributed by atoms with Gasteiger partial charge in [-0.1, -0.05) is 0 Å². The molecule has 5 N–H and O–H groups in total. The quantitative estimate of drug-likeness (QED) is 0.413. The summed E-state index contributed by atoms with van der Waals surface area (Å²) in [6.07, 6.45) is -0.746. The third-order valence-corrected chi connectivity index (χ3v) is 4.87. The van der Waals surface area contributed by atoms with Gasteiger partial charge in [0.1, 0.15) is 6.04 Å². The zero-order valence-corrected chi connectivity index (χ0v) is 12.8. The van der Waals surface area contributed by atoms with E-state index in [4.69, 9.17) is 34.2 Å². The van der Waals surface area contributed by atoms with Gasteiger partial charge in [-0.3, -0.25) is 22.9 Å². The third kappa shape index (κ3) is 6.92. The average Bonchev–Trinajstić information content (AvgIpc) is 2.27. The van der Waals surface area contributed by atoms with Crippen molar-refractivity contribution in [3.8, 4) is 0 Å². The molecule has 0 unspecified atom stereocenters. The number of aliphatic carboxylic acids is 1. The number of rotatable bonds is 10. The van der Waals surface area contributed by atoms with Crippen LogP contribution in [0, 0.1) is 0 Å². The molecular weight excluding hydrogens is 316 g/mol. The smallest absolute Gasteiger partial charge is 0.475 e. The fraction of sp³-hybridized carbons (Fsp3) is 0.875. The Morgan fingerprint density at radius 1 is 1.20 bits per heavy atom. The molecule has 0 fully saturated rings. The van der Waals surface area contributed by atoms with Crippen LogP contribution in [0.25, 0.3) is 0 Å². The van der Waals surface area contributed by atoms with Crippen molar-refractivity contribution in [2.75, 3.05) is 13.2 Å². The molecule has 0 bridgehead atoms. The number of nitrogens with two attached hydrogens (primary N) is 1. The van der Waals surface area contributed by atoms with Gasteiger partial charge in [-0.25, -0.2) is 4.57 Å². The van der Waals surface area contributed by atoms with Crippen LogP contribution in [0.5, 0.6) is 0 Å². The van der Waals surface area contributed by atoms with E-state index in [0.717, 1.165) is 0 Å². The number of phosphoric acid groups is 1. The van der Waals surface area contributed by atoms with Gasteiger partial charge in [0, 0.05) is 6.42 Å². The van der Waals surface area contributed by atoms with Crippen LogP contribution < -0.4 is 5.73 Å². The average molecular weight is 335 g/mol. The van der Waals surface area contributed by atoms with Crippen LogP contribution in [0.15, 0.2) is 0 Å². The Bertz CT molecular complexity index is 399. The maximum absolute atomic E-state index is 12.0. The van der Waals surface area contributed by atoms with Crippen LogP contribution in [0.1, 0.15) is 20.3 Å². The molecule has 0 aliphatic heterocycles. The summed E-state index contributed by atoms with van der Waals surface area (Å²) in [5.74, 6) is -3.48. The maximum Gasteiger partial charge on any atom is 0.475 e. The lowest BCUT2D eigenvalue weighted by molar-refractivity contribution is -0.139. The molecule has 0 aromatic carbocycles. The van der Waals surface area contributed by atoms with Crippen molar-refractivity contribution in [1.82, 2.24) is 0 Å². The largest absolute Gasteiger partial charge is 0.480 e. The summed E-state index contributed by atoms with van der Waals surface area (Å²) < 4.78 is 37.4. The molecule has 0 radical (unpaired) electrons. The Morgan fingerprint density at radius 3 is 1.95 bits per heavy atom.